The minimum atomic E-state index is -1.19. The molecule has 2 rings (SSSR count). The second-order valence-corrected chi connectivity index (χ2v) is 4.58. The highest BCUT2D eigenvalue weighted by atomic mass is 32.1. The zero-order valence-electron chi connectivity index (χ0n) is 10.5. The van der Waals surface area contributed by atoms with Crippen molar-refractivity contribution in [3.63, 3.8) is 0 Å². The average Bonchev–Trinajstić information content (AvgIpc) is 2.42. The number of benzene rings is 2. The number of thiocarbonyl (C=S) groups is 1. The molecule has 0 aliphatic rings. The Balaban J connectivity index is 2.24. The highest BCUT2D eigenvalue weighted by Crippen LogP contribution is 2.21. The summed E-state index contributed by atoms with van der Waals surface area (Å²) in [5.74, 6) is -4.20. The summed E-state index contributed by atoms with van der Waals surface area (Å²) >= 11 is 4.76. The number of amides is 1. The third kappa shape index (κ3) is 3.38. The standard InChI is InChI=1S/C14H9F3N2OS/c15-9-5-10(16)12(11(17)6-9)19-14(20)8-3-1-7(2-4-8)13(18)21/h1-6H,(H2,18,21)(H,19,20). The summed E-state index contributed by atoms with van der Waals surface area (Å²) in [6.07, 6.45) is 0. The lowest BCUT2D eigenvalue weighted by molar-refractivity contribution is 0.102. The van der Waals surface area contributed by atoms with Crippen LogP contribution in [-0.2, 0) is 0 Å². The molecule has 0 unspecified atom stereocenters. The van der Waals surface area contributed by atoms with Gasteiger partial charge in [-0.25, -0.2) is 13.2 Å². The summed E-state index contributed by atoms with van der Waals surface area (Å²) in [6, 6.07) is 6.79. The van der Waals surface area contributed by atoms with Crippen LogP contribution in [0.1, 0.15) is 15.9 Å². The van der Waals surface area contributed by atoms with Gasteiger partial charge in [-0.3, -0.25) is 4.79 Å². The van der Waals surface area contributed by atoms with Gasteiger partial charge >= 0.3 is 0 Å². The number of hydrogen-bond acceptors (Lipinski definition) is 2. The largest absolute Gasteiger partial charge is 0.389 e. The van der Waals surface area contributed by atoms with Gasteiger partial charge in [-0.2, -0.15) is 0 Å². The van der Waals surface area contributed by atoms with Crippen LogP contribution in [0.3, 0.4) is 0 Å². The van der Waals surface area contributed by atoms with Crippen molar-refractivity contribution in [2.75, 3.05) is 5.32 Å². The maximum absolute atomic E-state index is 13.4. The second kappa shape index (κ2) is 5.92. The fourth-order valence-corrected chi connectivity index (χ4v) is 1.77. The van der Waals surface area contributed by atoms with E-state index in [1.54, 1.807) is 0 Å². The molecule has 3 N–H and O–H groups in total. The van der Waals surface area contributed by atoms with Crippen LogP contribution in [0.4, 0.5) is 18.9 Å². The van der Waals surface area contributed by atoms with E-state index in [4.69, 9.17) is 18.0 Å². The van der Waals surface area contributed by atoms with Crippen molar-refractivity contribution >= 4 is 28.8 Å². The minimum Gasteiger partial charge on any atom is -0.389 e. The van der Waals surface area contributed by atoms with Crippen LogP contribution in [0.25, 0.3) is 0 Å². The monoisotopic (exact) mass is 310 g/mol. The number of nitrogens with two attached hydrogens (primary N) is 1. The molecule has 0 saturated heterocycles. The summed E-state index contributed by atoms with van der Waals surface area (Å²) in [7, 11) is 0. The molecular weight excluding hydrogens is 301 g/mol. The lowest BCUT2D eigenvalue weighted by Crippen LogP contribution is -2.15. The molecule has 0 bridgehead atoms. The topological polar surface area (TPSA) is 55.1 Å². The van der Waals surface area contributed by atoms with Gasteiger partial charge in [0.1, 0.15) is 16.5 Å². The molecule has 0 spiro atoms. The third-order valence-electron chi connectivity index (χ3n) is 2.68. The molecule has 0 atom stereocenters. The van der Waals surface area contributed by atoms with Crippen LogP contribution in [0.5, 0.6) is 0 Å². The first-order valence-electron chi connectivity index (χ1n) is 5.74. The van der Waals surface area contributed by atoms with E-state index in [-0.39, 0.29) is 10.6 Å². The maximum Gasteiger partial charge on any atom is 0.255 e. The molecule has 0 fully saturated rings. The van der Waals surface area contributed by atoms with E-state index in [1.165, 1.54) is 24.3 Å². The van der Waals surface area contributed by atoms with Crippen molar-refractivity contribution in [2.45, 2.75) is 0 Å². The molecule has 2 aromatic carbocycles. The molecule has 2 aromatic rings. The number of rotatable bonds is 3. The quantitative estimate of drug-likeness (QED) is 0.857. The van der Waals surface area contributed by atoms with E-state index in [9.17, 15) is 18.0 Å². The van der Waals surface area contributed by atoms with Crippen molar-refractivity contribution in [2.24, 2.45) is 5.73 Å². The SMILES string of the molecule is NC(=S)c1ccc(C(=O)Nc2c(F)cc(F)cc2F)cc1. The first kappa shape index (κ1) is 15.0. The fourth-order valence-electron chi connectivity index (χ4n) is 1.63. The molecule has 0 saturated carbocycles. The lowest BCUT2D eigenvalue weighted by Gasteiger charge is -2.08. The van der Waals surface area contributed by atoms with E-state index >= 15 is 0 Å². The van der Waals surface area contributed by atoms with Gasteiger partial charge in [-0.15, -0.1) is 0 Å². The molecule has 108 valence electrons. The molecule has 0 aliphatic carbocycles. The Bertz CT molecular complexity index is 694. The van der Waals surface area contributed by atoms with Crippen molar-refractivity contribution in [1.82, 2.24) is 0 Å². The van der Waals surface area contributed by atoms with Crippen LogP contribution in [0, 0.1) is 17.5 Å². The van der Waals surface area contributed by atoms with Gasteiger partial charge in [0.15, 0.2) is 11.6 Å². The third-order valence-corrected chi connectivity index (χ3v) is 2.91. The molecule has 1 amide bonds. The highest BCUT2D eigenvalue weighted by molar-refractivity contribution is 7.80. The second-order valence-electron chi connectivity index (χ2n) is 4.14. The summed E-state index contributed by atoms with van der Waals surface area (Å²) in [6.45, 7) is 0. The maximum atomic E-state index is 13.4. The Morgan fingerprint density at radius 2 is 1.48 bits per heavy atom. The summed E-state index contributed by atoms with van der Waals surface area (Å²) in [4.78, 5) is 12.0. The normalized spacial score (nSPS) is 10.2. The Labute approximate surface area is 123 Å². The molecular formula is C14H9F3N2OS. The molecule has 7 heteroatoms. The van der Waals surface area contributed by atoms with Gasteiger partial charge in [-0.05, 0) is 12.1 Å². The first-order valence-corrected chi connectivity index (χ1v) is 6.15. The first-order chi connectivity index (χ1) is 9.88. The number of nitrogens with one attached hydrogen (secondary N) is 1. The number of anilines is 1. The summed E-state index contributed by atoms with van der Waals surface area (Å²) in [5.41, 5.74) is 5.41. The number of hydrogen-bond donors (Lipinski definition) is 2. The predicted molar refractivity (Wildman–Crippen MR) is 76.6 cm³/mol. The van der Waals surface area contributed by atoms with Crippen LogP contribution in [0.2, 0.25) is 0 Å². The van der Waals surface area contributed by atoms with E-state index in [2.05, 4.69) is 5.32 Å². The molecule has 0 aliphatic heterocycles. The Hall–Kier alpha value is -2.41. The zero-order valence-corrected chi connectivity index (χ0v) is 11.3. The van der Waals surface area contributed by atoms with Crippen LogP contribution in [0.15, 0.2) is 36.4 Å². The number of halogens is 3. The van der Waals surface area contributed by atoms with Gasteiger partial charge in [0.05, 0.1) is 0 Å². The molecule has 0 aromatic heterocycles. The van der Waals surface area contributed by atoms with E-state index < -0.39 is 29.0 Å². The summed E-state index contributed by atoms with van der Waals surface area (Å²) < 4.78 is 39.6. The van der Waals surface area contributed by atoms with Crippen LogP contribution >= 0.6 is 12.2 Å². The van der Waals surface area contributed by atoms with Crippen LogP contribution < -0.4 is 11.1 Å². The lowest BCUT2D eigenvalue weighted by atomic mass is 10.1. The van der Waals surface area contributed by atoms with Crippen molar-refractivity contribution < 1.29 is 18.0 Å². The van der Waals surface area contributed by atoms with Gasteiger partial charge in [-0.1, -0.05) is 24.4 Å². The smallest absolute Gasteiger partial charge is 0.255 e. The molecule has 0 heterocycles. The number of carbonyl (C=O) groups excluding carboxylic acids is 1. The van der Waals surface area contributed by atoms with Crippen LogP contribution in [-0.4, -0.2) is 10.9 Å². The van der Waals surface area contributed by atoms with Gasteiger partial charge in [0.2, 0.25) is 0 Å². The van der Waals surface area contributed by atoms with Crippen molar-refractivity contribution in [1.29, 1.82) is 0 Å². The van der Waals surface area contributed by atoms with Gasteiger partial charge < -0.3 is 11.1 Å². The predicted octanol–water partition coefficient (Wildman–Crippen LogP) is 2.99. The fraction of sp³-hybridized carbons (Fsp3) is 0. The zero-order chi connectivity index (χ0) is 15.6. The molecule has 0 radical (unpaired) electrons. The van der Waals surface area contributed by atoms with E-state index in [0.29, 0.717) is 17.7 Å². The Kier molecular flexibility index (Phi) is 4.23. The van der Waals surface area contributed by atoms with Gasteiger partial charge in [0.25, 0.3) is 5.91 Å². The Morgan fingerprint density at radius 1 is 1.00 bits per heavy atom. The summed E-state index contributed by atoms with van der Waals surface area (Å²) in [5, 5.41) is 2.05. The molecule has 3 nitrogen and oxygen atoms in total. The average molecular weight is 310 g/mol. The van der Waals surface area contributed by atoms with Crippen molar-refractivity contribution in [3.05, 3.63) is 65.0 Å². The van der Waals surface area contributed by atoms with Gasteiger partial charge in [0, 0.05) is 23.3 Å². The molecule has 21 heavy (non-hydrogen) atoms. The highest BCUT2D eigenvalue weighted by Gasteiger charge is 2.15. The number of carbonyl (C=O) groups is 1. The minimum absolute atomic E-state index is 0.151. The Morgan fingerprint density at radius 3 is 1.95 bits per heavy atom. The van der Waals surface area contributed by atoms with E-state index in [0.717, 1.165) is 0 Å². The van der Waals surface area contributed by atoms with E-state index in [1.807, 2.05) is 0 Å². The van der Waals surface area contributed by atoms with Crippen molar-refractivity contribution in [3.8, 4) is 0 Å².